The molecule has 7 heteroatoms. The fourth-order valence-electron chi connectivity index (χ4n) is 0.568. The molecule has 84 valence electrons. The van der Waals surface area contributed by atoms with Gasteiger partial charge in [-0.25, -0.2) is 13.2 Å². The second kappa shape index (κ2) is 3.43. The van der Waals surface area contributed by atoms with Crippen LogP contribution in [0.5, 0.6) is 0 Å². The van der Waals surface area contributed by atoms with Crippen molar-refractivity contribution in [3.63, 3.8) is 0 Å². The third-order valence-electron chi connectivity index (χ3n) is 1.51. The normalized spacial score (nSPS) is 16.6. The standard InChI is InChI=1S/C7H7F7/c1-3-6(11,12)4(8)7(13,14)5(2,9)10/h3-4H,1H2,2H3. The molecule has 0 aromatic rings. The van der Waals surface area contributed by atoms with Crippen LogP contribution in [0.2, 0.25) is 0 Å². The Morgan fingerprint density at radius 2 is 1.43 bits per heavy atom. The van der Waals surface area contributed by atoms with E-state index >= 15 is 0 Å². The molecule has 0 heterocycles. The average Bonchev–Trinajstić information content (AvgIpc) is 2.01. The van der Waals surface area contributed by atoms with Gasteiger partial charge in [0.2, 0.25) is 6.17 Å². The number of hydrogen-bond acceptors (Lipinski definition) is 0. The predicted octanol–water partition coefficient (Wildman–Crippen LogP) is 3.44. The summed E-state index contributed by atoms with van der Waals surface area (Å²) in [5, 5.41) is 0. The highest BCUT2D eigenvalue weighted by Gasteiger charge is 2.65. The van der Waals surface area contributed by atoms with Gasteiger partial charge in [-0.2, -0.15) is 17.6 Å². The van der Waals surface area contributed by atoms with Crippen LogP contribution in [0.1, 0.15) is 6.92 Å². The van der Waals surface area contributed by atoms with E-state index in [1.165, 1.54) is 0 Å². The van der Waals surface area contributed by atoms with Gasteiger partial charge in [0.1, 0.15) is 0 Å². The minimum atomic E-state index is -5.44. The molecule has 14 heavy (non-hydrogen) atoms. The minimum Gasteiger partial charge on any atom is -0.233 e. The summed E-state index contributed by atoms with van der Waals surface area (Å²) in [6.07, 6.45) is -4.73. The molecule has 0 radical (unpaired) electrons. The quantitative estimate of drug-likeness (QED) is 0.506. The monoisotopic (exact) mass is 224 g/mol. The number of rotatable bonds is 4. The first-order valence-corrected chi connectivity index (χ1v) is 3.38. The zero-order valence-electron chi connectivity index (χ0n) is 7.01. The number of hydrogen-bond donors (Lipinski definition) is 0. The van der Waals surface area contributed by atoms with Crippen molar-refractivity contribution in [3.8, 4) is 0 Å². The first-order chi connectivity index (χ1) is 5.97. The third-order valence-corrected chi connectivity index (χ3v) is 1.51. The minimum absolute atomic E-state index is 0.335. The summed E-state index contributed by atoms with van der Waals surface area (Å²) in [5.41, 5.74) is 0. The van der Waals surface area contributed by atoms with Crippen LogP contribution < -0.4 is 0 Å². The van der Waals surface area contributed by atoms with E-state index in [1.807, 2.05) is 0 Å². The van der Waals surface area contributed by atoms with Crippen LogP contribution in [0.4, 0.5) is 30.7 Å². The van der Waals surface area contributed by atoms with Crippen molar-refractivity contribution in [2.24, 2.45) is 0 Å². The van der Waals surface area contributed by atoms with E-state index in [2.05, 4.69) is 6.58 Å². The molecule has 0 N–H and O–H groups in total. The zero-order valence-corrected chi connectivity index (χ0v) is 7.01. The Kier molecular flexibility index (Phi) is 3.25. The van der Waals surface area contributed by atoms with Crippen LogP contribution >= 0.6 is 0 Å². The number of halogens is 7. The van der Waals surface area contributed by atoms with Gasteiger partial charge >= 0.3 is 17.8 Å². The molecule has 0 rings (SSSR count). The highest BCUT2D eigenvalue weighted by atomic mass is 19.3. The molecular weight excluding hydrogens is 217 g/mol. The van der Waals surface area contributed by atoms with Crippen molar-refractivity contribution in [2.45, 2.75) is 30.9 Å². The van der Waals surface area contributed by atoms with E-state index < -0.39 is 30.0 Å². The summed E-state index contributed by atoms with van der Waals surface area (Å²) in [4.78, 5) is 0. The molecule has 0 saturated carbocycles. The molecular formula is C7H7F7. The van der Waals surface area contributed by atoms with Crippen molar-refractivity contribution in [1.29, 1.82) is 0 Å². The van der Waals surface area contributed by atoms with Crippen molar-refractivity contribution in [2.75, 3.05) is 0 Å². The van der Waals surface area contributed by atoms with Crippen LogP contribution in [-0.2, 0) is 0 Å². The lowest BCUT2D eigenvalue weighted by Crippen LogP contribution is -2.52. The Bertz CT molecular complexity index is 215. The smallest absolute Gasteiger partial charge is 0.233 e. The second-order valence-electron chi connectivity index (χ2n) is 2.75. The first kappa shape index (κ1) is 13.2. The summed E-state index contributed by atoms with van der Waals surface area (Å²) < 4.78 is 85.8. The fourth-order valence-corrected chi connectivity index (χ4v) is 0.568. The molecule has 0 amide bonds. The van der Waals surface area contributed by atoms with E-state index in [0.29, 0.717) is 0 Å². The zero-order chi connectivity index (χ0) is 11.8. The van der Waals surface area contributed by atoms with Crippen LogP contribution in [0.15, 0.2) is 12.7 Å². The van der Waals surface area contributed by atoms with Gasteiger partial charge in [0, 0.05) is 6.92 Å². The Hall–Kier alpha value is -0.750. The maximum absolute atomic E-state index is 12.4. The Morgan fingerprint density at radius 3 is 1.64 bits per heavy atom. The van der Waals surface area contributed by atoms with E-state index in [-0.39, 0.29) is 6.92 Å². The van der Waals surface area contributed by atoms with Gasteiger partial charge < -0.3 is 0 Å². The van der Waals surface area contributed by atoms with E-state index in [1.54, 1.807) is 0 Å². The third kappa shape index (κ3) is 2.19. The molecule has 0 saturated heterocycles. The highest BCUT2D eigenvalue weighted by Crippen LogP contribution is 2.43. The number of allylic oxidation sites excluding steroid dienone is 1. The van der Waals surface area contributed by atoms with Gasteiger partial charge in [0.05, 0.1) is 0 Å². The highest BCUT2D eigenvalue weighted by molar-refractivity contribution is 5.03. The Morgan fingerprint density at radius 1 is 1.07 bits per heavy atom. The maximum atomic E-state index is 12.4. The van der Waals surface area contributed by atoms with Crippen LogP contribution in [-0.4, -0.2) is 23.9 Å². The Balaban J connectivity index is 5.03. The molecule has 0 fully saturated rings. The lowest BCUT2D eigenvalue weighted by molar-refractivity contribution is -0.261. The van der Waals surface area contributed by atoms with Gasteiger partial charge in [-0.15, -0.1) is 0 Å². The molecule has 0 spiro atoms. The molecule has 0 aromatic heterocycles. The van der Waals surface area contributed by atoms with Crippen molar-refractivity contribution in [1.82, 2.24) is 0 Å². The van der Waals surface area contributed by atoms with Gasteiger partial charge in [0.15, 0.2) is 0 Å². The number of alkyl halides is 7. The van der Waals surface area contributed by atoms with Gasteiger partial charge in [-0.05, 0) is 6.08 Å². The molecule has 0 aromatic carbocycles. The van der Waals surface area contributed by atoms with Gasteiger partial charge in [-0.1, -0.05) is 6.58 Å². The van der Waals surface area contributed by atoms with Crippen LogP contribution in [0.25, 0.3) is 0 Å². The summed E-state index contributed by atoms with van der Waals surface area (Å²) in [6.45, 7) is 2.05. The first-order valence-electron chi connectivity index (χ1n) is 3.38. The molecule has 1 unspecified atom stereocenters. The summed E-state index contributed by atoms with van der Waals surface area (Å²) in [6, 6.07) is 0. The molecule has 0 aliphatic heterocycles. The lowest BCUT2D eigenvalue weighted by Gasteiger charge is -2.29. The predicted molar refractivity (Wildman–Crippen MR) is 35.6 cm³/mol. The summed E-state index contributed by atoms with van der Waals surface area (Å²) in [7, 11) is 0. The largest absolute Gasteiger partial charge is 0.346 e. The van der Waals surface area contributed by atoms with Gasteiger partial charge in [-0.3, -0.25) is 0 Å². The average molecular weight is 224 g/mol. The van der Waals surface area contributed by atoms with Crippen LogP contribution in [0.3, 0.4) is 0 Å². The van der Waals surface area contributed by atoms with Gasteiger partial charge in [0.25, 0.3) is 0 Å². The lowest BCUT2D eigenvalue weighted by atomic mass is 10.0. The van der Waals surface area contributed by atoms with E-state index in [9.17, 15) is 30.7 Å². The molecule has 0 aliphatic carbocycles. The Labute approximate surface area is 75.4 Å². The van der Waals surface area contributed by atoms with E-state index in [4.69, 9.17) is 0 Å². The van der Waals surface area contributed by atoms with Crippen molar-refractivity contribution in [3.05, 3.63) is 12.7 Å². The molecule has 1 atom stereocenters. The van der Waals surface area contributed by atoms with E-state index in [0.717, 1.165) is 0 Å². The summed E-state index contributed by atoms with van der Waals surface area (Å²) >= 11 is 0. The fraction of sp³-hybridized carbons (Fsp3) is 0.714. The second-order valence-corrected chi connectivity index (χ2v) is 2.75. The topological polar surface area (TPSA) is 0 Å². The summed E-state index contributed by atoms with van der Waals surface area (Å²) in [5.74, 6) is -15.0. The molecule has 0 bridgehead atoms. The maximum Gasteiger partial charge on any atom is 0.346 e. The molecule has 0 aliphatic rings. The van der Waals surface area contributed by atoms with Crippen LogP contribution in [0, 0.1) is 0 Å². The van der Waals surface area contributed by atoms with Crippen molar-refractivity contribution < 1.29 is 30.7 Å². The SMILES string of the molecule is C=CC(F)(F)C(F)C(F)(F)C(C)(F)F. The van der Waals surface area contributed by atoms with Crippen molar-refractivity contribution >= 4 is 0 Å². The molecule has 0 nitrogen and oxygen atoms in total.